The number of hydrogen-bond acceptors (Lipinski definition) is 5. The minimum Gasteiger partial charge on any atom is -0.377 e. The average molecular weight is 307 g/mol. The quantitative estimate of drug-likeness (QED) is 0.848. The Kier molecular flexibility index (Phi) is 3.19. The predicted molar refractivity (Wildman–Crippen MR) is 88.7 cm³/mol. The van der Waals surface area contributed by atoms with Crippen LogP contribution in [-0.2, 0) is 0 Å². The van der Waals surface area contributed by atoms with E-state index in [9.17, 15) is 9.59 Å². The lowest BCUT2D eigenvalue weighted by Crippen LogP contribution is -2.40. The molecule has 3 atom stereocenters. The van der Waals surface area contributed by atoms with Gasteiger partial charge in [-0.2, -0.15) is 5.26 Å². The van der Waals surface area contributed by atoms with Crippen molar-refractivity contribution in [2.75, 3.05) is 10.6 Å². The molecule has 2 N–H and O–H groups in total. The molecule has 0 aliphatic heterocycles. The van der Waals surface area contributed by atoms with Crippen LogP contribution in [0.2, 0.25) is 0 Å². The zero-order valence-corrected chi connectivity index (χ0v) is 12.6. The van der Waals surface area contributed by atoms with E-state index in [2.05, 4.69) is 16.7 Å². The number of rotatable bonds is 4. The topological polar surface area (TPSA) is 82.0 Å². The monoisotopic (exact) mass is 307 g/mol. The first-order valence-corrected chi connectivity index (χ1v) is 8.02. The molecule has 116 valence electrons. The summed E-state index contributed by atoms with van der Waals surface area (Å²) in [5.74, 6) is 1.41. The number of hydrogen-bond donors (Lipinski definition) is 2. The van der Waals surface area contributed by atoms with Crippen LogP contribution in [0.4, 0.5) is 17.1 Å². The molecule has 4 rings (SSSR count). The standard InChI is InChI=1S/C18H17N3O2/c19-9-10-2-5-13(6-3-10)20-15-16(18(23)17(15)22)21-14-8-11-1-4-12(14)7-11/h2-3,5-6,11-12,14,20-21H,1,4,7-8H2/t11-,12+,14+/m0/s1. The summed E-state index contributed by atoms with van der Waals surface area (Å²) in [6, 6.07) is 9.19. The highest BCUT2D eigenvalue weighted by Gasteiger charge is 2.40. The molecule has 2 fully saturated rings. The first kappa shape index (κ1) is 14.0. The van der Waals surface area contributed by atoms with Gasteiger partial charge in [-0.25, -0.2) is 0 Å². The van der Waals surface area contributed by atoms with Crippen LogP contribution in [0.15, 0.2) is 33.9 Å². The summed E-state index contributed by atoms with van der Waals surface area (Å²) in [5, 5.41) is 15.1. The van der Waals surface area contributed by atoms with Crippen LogP contribution in [-0.4, -0.2) is 6.04 Å². The number of nitrogens with one attached hydrogen (secondary N) is 2. The lowest BCUT2D eigenvalue weighted by atomic mass is 9.94. The summed E-state index contributed by atoms with van der Waals surface area (Å²) in [7, 11) is 0. The SMILES string of the molecule is N#Cc1ccc(Nc2c(N[C@@H]3C[C@H]4CC[C@@H]3C4)c(=O)c2=O)cc1. The Hall–Kier alpha value is -2.61. The first-order chi connectivity index (χ1) is 11.2. The summed E-state index contributed by atoms with van der Waals surface area (Å²) < 4.78 is 0. The third kappa shape index (κ3) is 2.31. The van der Waals surface area contributed by atoms with Crippen molar-refractivity contribution in [2.24, 2.45) is 11.8 Å². The lowest BCUT2D eigenvalue weighted by Gasteiger charge is -2.25. The molecule has 0 radical (unpaired) electrons. The molecule has 0 saturated heterocycles. The van der Waals surface area contributed by atoms with Gasteiger partial charge in [-0.3, -0.25) is 9.59 Å². The summed E-state index contributed by atoms with van der Waals surface area (Å²) in [6.45, 7) is 0. The van der Waals surface area contributed by atoms with E-state index in [4.69, 9.17) is 5.26 Å². The van der Waals surface area contributed by atoms with E-state index < -0.39 is 10.9 Å². The second-order valence-corrected chi connectivity index (χ2v) is 6.65. The van der Waals surface area contributed by atoms with E-state index in [1.807, 2.05) is 0 Å². The van der Waals surface area contributed by atoms with E-state index in [1.165, 1.54) is 19.3 Å². The Balaban J connectivity index is 1.53. The van der Waals surface area contributed by atoms with E-state index >= 15 is 0 Å². The Bertz CT molecular complexity index is 856. The predicted octanol–water partition coefficient (Wildman–Crippen LogP) is 2.50. The van der Waals surface area contributed by atoms with Gasteiger partial charge in [0, 0.05) is 11.7 Å². The van der Waals surface area contributed by atoms with Crippen molar-refractivity contribution in [1.29, 1.82) is 5.26 Å². The average Bonchev–Trinajstić information content (AvgIpc) is 3.21. The van der Waals surface area contributed by atoms with Crippen LogP contribution in [0.3, 0.4) is 0 Å². The van der Waals surface area contributed by atoms with Crippen LogP contribution in [0.25, 0.3) is 0 Å². The van der Waals surface area contributed by atoms with Crippen LogP contribution in [0, 0.1) is 23.2 Å². The second-order valence-electron chi connectivity index (χ2n) is 6.65. The molecule has 0 spiro atoms. The number of fused-ring (bicyclic) bond motifs is 2. The number of anilines is 3. The van der Waals surface area contributed by atoms with E-state index in [0.29, 0.717) is 34.6 Å². The van der Waals surface area contributed by atoms with Crippen LogP contribution in [0.5, 0.6) is 0 Å². The van der Waals surface area contributed by atoms with Gasteiger partial charge in [0.15, 0.2) is 0 Å². The highest BCUT2D eigenvalue weighted by molar-refractivity contribution is 5.79. The van der Waals surface area contributed by atoms with Gasteiger partial charge in [0.2, 0.25) is 0 Å². The van der Waals surface area contributed by atoms with Gasteiger partial charge >= 0.3 is 0 Å². The summed E-state index contributed by atoms with van der Waals surface area (Å²) in [4.78, 5) is 23.8. The molecule has 5 heteroatoms. The van der Waals surface area contributed by atoms with Crippen molar-refractivity contribution < 1.29 is 0 Å². The van der Waals surface area contributed by atoms with Crippen LogP contribution < -0.4 is 21.5 Å². The van der Waals surface area contributed by atoms with Crippen molar-refractivity contribution in [3.05, 3.63) is 50.3 Å². The van der Waals surface area contributed by atoms with Gasteiger partial charge in [0.1, 0.15) is 11.4 Å². The number of benzene rings is 1. The van der Waals surface area contributed by atoms with Crippen LogP contribution >= 0.6 is 0 Å². The first-order valence-electron chi connectivity index (χ1n) is 8.02. The number of nitriles is 1. The second kappa shape index (κ2) is 5.24. The normalized spacial score (nSPS) is 25.4. The highest BCUT2D eigenvalue weighted by atomic mass is 16.2. The molecule has 2 aromatic carbocycles. The van der Waals surface area contributed by atoms with Gasteiger partial charge in [0.05, 0.1) is 11.6 Å². The molecule has 2 aliphatic carbocycles. The molecule has 2 aliphatic rings. The third-order valence-corrected chi connectivity index (χ3v) is 5.26. The fourth-order valence-electron chi connectivity index (χ4n) is 4.03. The molecule has 23 heavy (non-hydrogen) atoms. The minimum atomic E-state index is -0.472. The smallest absolute Gasteiger partial charge is 0.253 e. The van der Waals surface area contributed by atoms with Crippen molar-refractivity contribution in [1.82, 2.24) is 0 Å². The van der Waals surface area contributed by atoms with Crippen molar-refractivity contribution >= 4 is 17.1 Å². The molecule has 2 bridgehead atoms. The molecular weight excluding hydrogens is 290 g/mol. The Labute approximate surface area is 133 Å². The molecule has 0 aromatic heterocycles. The van der Waals surface area contributed by atoms with Crippen molar-refractivity contribution in [2.45, 2.75) is 31.7 Å². The summed E-state index contributed by atoms with van der Waals surface area (Å²) in [6.07, 6.45) is 4.85. The maximum absolute atomic E-state index is 11.9. The molecule has 2 aromatic rings. The summed E-state index contributed by atoms with van der Waals surface area (Å²) >= 11 is 0. The Morgan fingerprint density at radius 1 is 1.00 bits per heavy atom. The highest BCUT2D eigenvalue weighted by Crippen LogP contribution is 2.45. The van der Waals surface area contributed by atoms with E-state index in [0.717, 1.165) is 12.3 Å². The fourth-order valence-corrected chi connectivity index (χ4v) is 4.03. The largest absolute Gasteiger partial charge is 0.377 e. The van der Waals surface area contributed by atoms with Crippen LogP contribution in [0.1, 0.15) is 31.2 Å². The summed E-state index contributed by atoms with van der Waals surface area (Å²) in [5.41, 5.74) is 1.14. The zero-order valence-electron chi connectivity index (χ0n) is 12.6. The van der Waals surface area contributed by atoms with Gasteiger partial charge in [-0.1, -0.05) is 6.42 Å². The number of nitrogens with zero attached hydrogens (tertiary/aromatic N) is 1. The van der Waals surface area contributed by atoms with Gasteiger partial charge < -0.3 is 10.6 Å². The lowest BCUT2D eigenvalue weighted by molar-refractivity contribution is 0.439. The molecule has 0 unspecified atom stereocenters. The zero-order chi connectivity index (χ0) is 16.0. The van der Waals surface area contributed by atoms with Gasteiger partial charge in [-0.15, -0.1) is 0 Å². The Morgan fingerprint density at radius 2 is 1.74 bits per heavy atom. The van der Waals surface area contributed by atoms with E-state index in [1.54, 1.807) is 24.3 Å². The van der Waals surface area contributed by atoms with Crippen molar-refractivity contribution in [3.8, 4) is 6.07 Å². The van der Waals surface area contributed by atoms with Crippen molar-refractivity contribution in [3.63, 3.8) is 0 Å². The maximum Gasteiger partial charge on any atom is 0.253 e. The maximum atomic E-state index is 11.9. The van der Waals surface area contributed by atoms with Gasteiger partial charge in [-0.05, 0) is 55.4 Å². The molecule has 0 amide bonds. The van der Waals surface area contributed by atoms with Gasteiger partial charge in [0.25, 0.3) is 10.9 Å². The minimum absolute atomic E-state index is 0.318. The molecular formula is C18H17N3O2. The third-order valence-electron chi connectivity index (χ3n) is 5.26. The molecule has 5 nitrogen and oxygen atoms in total. The Morgan fingerprint density at radius 3 is 2.35 bits per heavy atom. The molecule has 0 heterocycles. The fraction of sp³-hybridized carbons (Fsp3) is 0.389. The molecule has 2 saturated carbocycles. The van der Waals surface area contributed by atoms with E-state index in [-0.39, 0.29) is 0 Å².